The number of morpholine rings is 1. The molecule has 0 aromatic heterocycles. The van der Waals surface area contributed by atoms with Gasteiger partial charge in [0.1, 0.15) is 0 Å². The van der Waals surface area contributed by atoms with Crippen LogP contribution in [0.5, 0.6) is 0 Å². The fourth-order valence-corrected chi connectivity index (χ4v) is 3.60. The van der Waals surface area contributed by atoms with Crippen LogP contribution >= 0.6 is 0 Å². The Morgan fingerprint density at radius 1 is 1.04 bits per heavy atom. The molecule has 1 saturated heterocycles. The summed E-state index contributed by atoms with van der Waals surface area (Å²) in [7, 11) is 4.15. The van der Waals surface area contributed by atoms with E-state index in [1.807, 2.05) is 12.1 Å². The number of ketones is 1. The van der Waals surface area contributed by atoms with E-state index in [4.69, 9.17) is 4.74 Å². The van der Waals surface area contributed by atoms with Gasteiger partial charge in [0.2, 0.25) is 0 Å². The third kappa shape index (κ3) is 5.18. The summed E-state index contributed by atoms with van der Waals surface area (Å²) in [6.07, 6.45) is 1.37. The Labute approximate surface area is 162 Å². The van der Waals surface area contributed by atoms with Crippen molar-refractivity contribution >= 4 is 11.5 Å². The van der Waals surface area contributed by atoms with E-state index in [1.165, 1.54) is 16.8 Å². The first-order chi connectivity index (χ1) is 13.0. The fourth-order valence-electron chi connectivity index (χ4n) is 3.60. The molecule has 1 aliphatic rings. The number of rotatable bonds is 7. The molecule has 0 N–H and O–H groups in total. The largest absolute Gasteiger partial charge is 0.378 e. The molecule has 0 saturated carbocycles. The van der Waals surface area contributed by atoms with Crippen LogP contribution in [0.25, 0.3) is 0 Å². The van der Waals surface area contributed by atoms with Crippen LogP contribution in [-0.2, 0) is 4.74 Å². The molecule has 0 bridgehead atoms. The minimum Gasteiger partial charge on any atom is -0.378 e. The van der Waals surface area contributed by atoms with Crippen LogP contribution in [0.2, 0.25) is 0 Å². The molecule has 1 fully saturated rings. The second-order valence-electron chi connectivity index (χ2n) is 7.50. The molecule has 1 heterocycles. The van der Waals surface area contributed by atoms with Gasteiger partial charge in [-0.05, 0) is 57.3 Å². The van der Waals surface area contributed by atoms with E-state index >= 15 is 0 Å². The molecule has 27 heavy (non-hydrogen) atoms. The van der Waals surface area contributed by atoms with Gasteiger partial charge < -0.3 is 14.5 Å². The van der Waals surface area contributed by atoms with Gasteiger partial charge in [-0.2, -0.15) is 0 Å². The highest BCUT2D eigenvalue weighted by atomic mass is 16.5. The molecule has 1 aliphatic heterocycles. The summed E-state index contributed by atoms with van der Waals surface area (Å²) < 4.78 is 5.40. The molecule has 0 aliphatic carbocycles. The number of hydrogen-bond acceptors (Lipinski definition) is 4. The number of ether oxygens (including phenoxy) is 1. The number of hydrogen-bond donors (Lipinski definition) is 0. The molecular formula is C23H30N2O2. The van der Waals surface area contributed by atoms with Crippen molar-refractivity contribution in [2.75, 3.05) is 45.3 Å². The Morgan fingerprint density at radius 2 is 1.67 bits per heavy atom. The summed E-state index contributed by atoms with van der Waals surface area (Å²) in [5.74, 6) is 0.211. The minimum atomic E-state index is 0.211. The van der Waals surface area contributed by atoms with E-state index in [0.717, 1.165) is 38.3 Å². The second kappa shape index (κ2) is 9.16. The summed E-state index contributed by atoms with van der Waals surface area (Å²) in [6.45, 7) is 5.46. The monoisotopic (exact) mass is 366 g/mol. The maximum Gasteiger partial charge on any atom is 0.162 e. The van der Waals surface area contributed by atoms with Gasteiger partial charge in [-0.1, -0.05) is 29.8 Å². The van der Waals surface area contributed by atoms with Gasteiger partial charge >= 0.3 is 0 Å². The molecule has 0 spiro atoms. The van der Waals surface area contributed by atoms with Crippen molar-refractivity contribution in [1.29, 1.82) is 0 Å². The smallest absolute Gasteiger partial charge is 0.162 e. The van der Waals surface area contributed by atoms with Crippen LogP contribution in [0.1, 0.15) is 40.4 Å². The Morgan fingerprint density at radius 3 is 2.26 bits per heavy atom. The zero-order valence-corrected chi connectivity index (χ0v) is 16.6. The lowest BCUT2D eigenvalue weighted by Gasteiger charge is -2.29. The van der Waals surface area contributed by atoms with Crippen LogP contribution in [0.15, 0.2) is 48.5 Å². The lowest BCUT2D eigenvalue weighted by atomic mass is 9.97. The zero-order chi connectivity index (χ0) is 19.2. The van der Waals surface area contributed by atoms with Crippen LogP contribution in [0, 0.1) is 6.92 Å². The van der Waals surface area contributed by atoms with E-state index < -0.39 is 0 Å². The molecular weight excluding hydrogens is 336 g/mol. The van der Waals surface area contributed by atoms with Crippen molar-refractivity contribution in [2.45, 2.75) is 25.8 Å². The van der Waals surface area contributed by atoms with E-state index in [9.17, 15) is 4.79 Å². The highest BCUT2D eigenvalue weighted by molar-refractivity contribution is 5.96. The van der Waals surface area contributed by atoms with Gasteiger partial charge in [0, 0.05) is 36.8 Å². The van der Waals surface area contributed by atoms with Gasteiger partial charge in [0.05, 0.1) is 13.2 Å². The van der Waals surface area contributed by atoms with E-state index in [-0.39, 0.29) is 11.8 Å². The van der Waals surface area contributed by atoms with E-state index in [2.05, 4.69) is 67.2 Å². The topological polar surface area (TPSA) is 32.8 Å². The number of aryl methyl sites for hydroxylation is 1. The SMILES string of the molecule is Cc1ccc(C(CCC(=O)c2ccc(N3CCOCC3)cc2)N(C)C)cc1. The van der Waals surface area contributed by atoms with Gasteiger partial charge in [0.15, 0.2) is 5.78 Å². The van der Waals surface area contributed by atoms with Gasteiger partial charge in [-0.15, -0.1) is 0 Å². The second-order valence-corrected chi connectivity index (χ2v) is 7.50. The molecule has 3 rings (SSSR count). The quantitative estimate of drug-likeness (QED) is 0.691. The van der Waals surface area contributed by atoms with Crippen molar-refractivity contribution in [3.8, 4) is 0 Å². The molecule has 1 atom stereocenters. The van der Waals surface area contributed by atoms with Crippen molar-refractivity contribution in [2.24, 2.45) is 0 Å². The van der Waals surface area contributed by atoms with Crippen molar-refractivity contribution in [3.63, 3.8) is 0 Å². The maximum atomic E-state index is 12.7. The first-order valence-corrected chi connectivity index (χ1v) is 9.73. The summed E-state index contributed by atoms with van der Waals surface area (Å²) in [5, 5.41) is 0. The molecule has 2 aromatic carbocycles. The Bertz CT molecular complexity index is 732. The normalized spacial score (nSPS) is 15.8. The third-order valence-corrected chi connectivity index (χ3v) is 5.30. The standard InChI is InChI=1S/C23H30N2O2/c1-18-4-6-19(7-5-18)22(24(2)3)12-13-23(26)20-8-10-21(11-9-20)25-14-16-27-17-15-25/h4-11,22H,12-17H2,1-3H3. The number of carbonyl (C=O) groups is 1. The molecule has 144 valence electrons. The number of nitrogens with zero attached hydrogens (tertiary/aromatic N) is 2. The van der Waals surface area contributed by atoms with Gasteiger partial charge in [-0.3, -0.25) is 4.79 Å². The first-order valence-electron chi connectivity index (χ1n) is 9.73. The first kappa shape index (κ1) is 19.6. The molecule has 0 amide bonds. The Hall–Kier alpha value is -2.17. The Balaban J connectivity index is 1.61. The van der Waals surface area contributed by atoms with E-state index in [1.54, 1.807) is 0 Å². The van der Waals surface area contributed by atoms with Crippen molar-refractivity contribution < 1.29 is 9.53 Å². The summed E-state index contributed by atoms with van der Waals surface area (Å²) in [4.78, 5) is 17.2. The summed E-state index contributed by atoms with van der Waals surface area (Å²) in [5.41, 5.74) is 4.49. The number of anilines is 1. The maximum absolute atomic E-state index is 12.7. The predicted octanol–water partition coefficient (Wildman–Crippen LogP) is 4.10. The Kier molecular flexibility index (Phi) is 6.64. The minimum absolute atomic E-state index is 0.211. The molecule has 2 aromatic rings. The van der Waals surface area contributed by atoms with Crippen molar-refractivity contribution in [3.05, 3.63) is 65.2 Å². The highest BCUT2D eigenvalue weighted by Crippen LogP contribution is 2.25. The third-order valence-electron chi connectivity index (χ3n) is 5.30. The fraction of sp³-hybridized carbons (Fsp3) is 0.435. The van der Waals surface area contributed by atoms with E-state index in [0.29, 0.717) is 6.42 Å². The van der Waals surface area contributed by atoms with Crippen LogP contribution in [0.4, 0.5) is 5.69 Å². The highest BCUT2D eigenvalue weighted by Gasteiger charge is 2.17. The molecule has 0 radical (unpaired) electrons. The van der Waals surface area contributed by atoms with Crippen LogP contribution in [0.3, 0.4) is 0 Å². The number of carbonyl (C=O) groups excluding carboxylic acids is 1. The van der Waals surface area contributed by atoms with Gasteiger partial charge in [-0.25, -0.2) is 0 Å². The predicted molar refractivity (Wildman–Crippen MR) is 111 cm³/mol. The number of Topliss-reactive ketones (excluding diaryl/α,β-unsaturated/α-hetero) is 1. The lowest BCUT2D eigenvalue weighted by molar-refractivity contribution is 0.0968. The van der Waals surface area contributed by atoms with Crippen LogP contribution in [-0.4, -0.2) is 51.1 Å². The summed E-state index contributed by atoms with van der Waals surface area (Å²) >= 11 is 0. The number of benzene rings is 2. The average molecular weight is 367 g/mol. The molecule has 1 unspecified atom stereocenters. The average Bonchev–Trinajstić information content (AvgIpc) is 2.70. The van der Waals surface area contributed by atoms with Crippen LogP contribution < -0.4 is 4.90 Å². The van der Waals surface area contributed by atoms with Gasteiger partial charge in [0.25, 0.3) is 0 Å². The molecule has 4 nitrogen and oxygen atoms in total. The van der Waals surface area contributed by atoms with Crippen molar-refractivity contribution in [1.82, 2.24) is 4.90 Å². The molecule has 4 heteroatoms. The zero-order valence-electron chi connectivity index (χ0n) is 16.6. The summed E-state index contributed by atoms with van der Waals surface area (Å²) in [6, 6.07) is 16.9. The lowest BCUT2D eigenvalue weighted by Crippen LogP contribution is -2.36.